The van der Waals surface area contributed by atoms with Crippen molar-refractivity contribution in [1.29, 1.82) is 0 Å². The Morgan fingerprint density at radius 1 is 0.562 bits per heavy atom. The maximum atomic E-state index is 12.0. The summed E-state index contributed by atoms with van der Waals surface area (Å²) in [6.45, 7) is 4.22. The van der Waals surface area contributed by atoms with Gasteiger partial charge >= 0.3 is 11.9 Å². The van der Waals surface area contributed by atoms with Gasteiger partial charge in [0.05, 0.1) is 12.2 Å². The molecule has 0 saturated carbocycles. The number of carbonyl (C=O) groups is 2. The number of aliphatic hydroxyl groups is 1. The van der Waals surface area contributed by atoms with E-state index in [4.69, 9.17) is 14.2 Å². The fourth-order valence-electron chi connectivity index (χ4n) is 5.88. The smallest absolute Gasteiger partial charge is 0.305 e. The summed E-state index contributed by atoms with van der Waals surface area (Å²) >= 11 is 0. The molecule has 0 amide bonds. The summed E-state index contributed by atoms with van der Waals surface area (Å²) in [5, 5.41) is 10.0. The standard InChI is InChI=1S/C42H74O6/c1-3-5-7-9-11-13-15-17-18-19-20-22-24-26-28-30-34-41(44)46-36-38(43)37-47-42(45)35-31-33-40-39(48-40)32-29-27-25-23-21-16-14-12-10-8-6-4-2/h12,14,21,23,27,29,38-40,43H,3-11,13,15-20,22,24-26,28,30-37H2,1-2H3/b14-12-,23-21-,29-27-/t38-,39?,40?/m1/s1. The lowest BCUT2D eigenvalue weighted by Gasteiger charge is -2.12. The summed E-state index contributed by atoms with van der Waals surface area (Å²) in [6.07, 6.45) is 43.6. The van der Waals surface area contributed by atoms with E-state index in [-0.39, 0.29) is 37.4 Å². The highest BCUT2D eigenvalue weighted by molar-refractivity contribution is 5.69. The van der Waals surface area contributed by atoms with Crippen LogP contribution in [-0.4, -0.2) is 48.6 Å². The zero-order chi connectivity index (χ0) is 34.8. The lowest BCUT2D eigenvalue weighted by atomic mass is 10.0. The van der Waals surface area contributed by atoms with Gasteiger partial charge in [-0.1, -0.05) is 159 Å². The molecular weight excluding hydrogens is 600 g/mol. The lowest BCUT2D eigenvalue weighted by Crippen LogP contribution is -2.25. The van der Waals surface area contributed by atoms with Crippen LogP contribution < -0.4 is 0 Å². The van der Waals surface area contributed by atoms with Crippen LogP contribution in [0.5, 0.6) is 0 Å². The highest BCUT2D eigenvalue weighted by Gasteiger charge is 2.36. The predicted octanol–water partition coefficient (Wildman–Crippen LogP) is 11.4. The van der Waals surface area contributed by atoms with Crippen molar-refractivity contribution >= 4 is 11.9 Å². The molecule has 48 heavy (non-hydrogen) atoms. The average Bonchev–Trinajstić information content (AvgIpc) is 3.84. The number of ether oxygens (including phenoxy) is 3. The van der Waals surface area contributed by atoms with Crippen LogP contribution in [0.1, 0.15) is 187 Å². The molecule has 2 unspecified atom stereocenters. The number of esters is 2. The molecule has 0 aliphatic carbocycles. The maximum Gasteiger partial charge on any atom is 0.305 e. The van der Waals surface area contributed by atoms with Crippen molar-refractivity contribution in [2.45, 2.75) is 206 Å². The Morgan fingerprint density at radius 3 is 1.54 bits per heavy atom. The van der Waals surface area contributed by atoms with Crippen LogP contribution in [0.3, 0.4) is 0 Å². The van der Waals surface area contributed by atoms with Crippen molar-refractivity contribution in [3.05, 3.63) is 36.5 Å². The van der Waals surface area contributed by atoms with Gasteiger partial charge in [-0.05, 0) is 51.4 Å². The quantitative estimate of drug-likeness (QED) is 0.0312. The van der Waals surface area contributed by atoms with Crippen LogP contribution in [0.2, 0.25) is 0 Å². The Hall–Kier alpha value is -1.92. The fourth-order valence-corrected chi connectivity index (χ4v) is 5.88. The van der Waals surface area contributed by atoms with Gasteiger partial charge in [-0.3, -0.25) is 9.59 Å². The Balaban J connectivity index is 1.86. The number of rotatable bonds is 35. The zero-order valence-electron chi connectivity index (χ0n) is 31.2. The number of hydrogen-bond donors (Lipinski definition) is 1. The van der Waals surface area contributed by atoms with Crippen molar-refractivity contribution in [3.8, 4) is 0 Å². The minimum atomic E-state index is -0.992. The zero-order valence-corrected chi connectivity index (χ0v) is 31.2. The minimum absolute atomic E-state index is 0.137. The van der Waals surface area contributed by atoms with E-state index in [0.717, 1.165) is 44.9 Å². The summed E-state index contributed by atoms with van der Waals surface area (Å²) < 4.78 is 16.1. The molecule has 278 valence electrons. The van der Waals surface area contributed by atoms with Crippen molar-refractivity contribution in [2.24, 2.45) is 0 Å². The Bertz CT molecular complexity index is 834. The van der Waals surface area contributed by atoms with Crippen molar-refractivity contribution < 1.29 is 28.9 Å². The topological polar surface area (TPSA) is 85.4 Å². The second-order valence-electron chi connectivity index (χ2n) is 13.8. The van der Waals surface area contributed by atoms with E-state index in [1.807, 2.05) is 0 Å². The molecule has 1 fully saturated rings. The molecule has 1 saturated heterocycles. The maximum absolute atomic E-state index is 12.0. The van der Waals surface area contributed by atoms with Crippen molar-refractivity contribution in [2.75, 3.05) is 13.2 Å². The molecule has 1 aliphatic rings. The molecular formula is C42H74O6. The van der Waals surface area contributed by atoms with E-state index in [1.54, 1.807) is 0 Å². The van der Waals surface area contributed by atoms with Crippen molar-refractivity contribution in [1.82, 2.24) is 0 Å². The third-order valence-electron chi connectivity index (χ3n) is 9.05. The molecule has 3 atom stereocenters. The SMILES string of the molecule is CCCCC/C=C\C/C=C\C/C=C\CC1OC1CCCC(=O)OC[C@H](O)COC(=O)CCCCCCCCCCCCCCCCCC. The number of unbranched alkanes of at least 4 members (excludes halogenated alkanes) is 18. The summed E-state index contributed by atoms with van der Waals surface area (Å²) in [7, 11) is 0. The second-order valence-corrected chi connectivity index (χ2v) is 13.8. The molecule has 6 nitrogen and oxygen atoms in total. The first-order valence-corrected chi connectivity index (χ1v) is 20.2. The summed E-state index contributed by atoms with van der Waals surface area (Å²) in [5.41, 5.74) is 0. The molecule has 0 spiro atoms. The second kappa shape index (κ2) is 33.6. The highest BCUT2D eigenvalue weighted by Crippen LogP contribution is 2.30. The average molecular weight is 675 g/mol. The largest absolute Gasteiger partial charge is 0.463 e. The van der Waals surface area contributed by atoms with Crippen LogP contribution in [0.4, 0.5) is 0 Å². The van der Waals surface area contributed by atoms with Gasteiger partial charge in [0, 0.05) is 12.8 Å². The molecule has 0 aromatic rings. The molecule has 6 heteroatoms. The number of allylic oxidation sites excluding steroid dienone is 5. The Morgan fingerprint density at radius 2 is 1.00 bits per heavy atom. The summed E-state index contributed by atoms with van der Waals surface area (Å²) in [4.78, 5) is 24.0. The minimum Gasteiger partial charge on any atom is -0.463 e. The van der Waals surface area contributed by atoms with E-state index in [2.05, 4.69) is 50.3 Å². The van der Waals surface area contributed by atoms with Crippen LogP contribution in [0.25, 0.3) is 0 Å². The van der Waals surface area contributed by atoms with Gasteiger partial charge < -0.3 is 19.3 Å². The van der Waals surface area contributed by atoms with Crippen LogP contribution >= 0.6 is 0 Å². The fraction of sp³-hybridized carbons (Fsp3) is 0.810. The van der Waals surface area contributed by atoms with Crippen LogP contribution in [-0.2, 0) is 23.8 Å². The van der Waals surface area contributed by atoms with Gasteiger partial charge in [0.15, 0.2) is 0 Å². The summed E-state index contributed by atoms with van der Waals surface area (Å²) in [5.74, 6) is -0.634. The first-order chi connectivity index (χ1) is 23.6. The molecule has 0 aromatic heterocycles. The first-order valence-electron chi connectivity index (χ1n) is 20.2. The molecule has 1 N–H and O–H groups in total. The molecule has 1 heterocycles. The monoisotopic (exact) mass is 675 g/mol. The van der Waals surface area contributed by atoms with Crippen molar-refractivity contribution in [3.63, 3.8) is 0 Å². The van der Waals surface area contributed by atoms with Gasteiger partial charge in [-0.25, -0.2) is 0 Å². The third kappa shape index (κ3) is 30.2. The normalized spacial score (nSPS) is 16.7. The molecule has 0 aromatic carbocycles. The van der Waals surface area contributed by atoms with Crippen LogP contribution in [0, 0.1) is 0 Å². The number of epoxide rings is 1. The Kier molecular flexibility index (Phi) is 30.8. The van der Waals surface area contributed by atoms with Gasteiger partial charge in [-0.2, -0.15) is 0 Å². The Labute approximate surface area is 295 Å². The molecule has 1 rings (SSSR count). The lowest BCUT2D eigenvalue weighted by molar-refractivity contribution is -0.152. The first kappa shape index (κ1) is 44.1. The summed E-state index contributed by atoms with van der Waals surface area (Å²) in [6, 6.07) is 0. The number of hydrogen-bond acceptors (Lipinski definition) is 6. The van der Waals surface area contributed by atoms with E-state index in [1.165, 1.54) is 109 Å². The van der Waals surface area contributed by atoms with Gasteiger partial charge in [0.25, 0.3) is 0 Å². The molecule has 1 aliphatic heterocycles. The number of aliphatic hydroxyl groups excluding tert-OH is 1. The van der Waals surface area contributed by atoms with E-state index in [0.29, 0.717) is 19.3 Å². The molecule has 0 bridgehead atoms. The van der Waals surface area contributed by atoms with Gasteiger partial charge in [0.2, 0.25) is 0 Å². The van der Waals surface area contributed by atoms with E-state index < -0.39 is 6.10 Å². The highest BCUT2D eigenvalue weighted by atomic mass is 16.6. The molecule has 0 radical (unpaired) electrons. The third-order valence-corrected chi connectivity index (χ3v) is 9.05. The van der Waals surface area contributed by atoms with E-state index in [9.17, 15) is 14.7 Å². The number of carbonyl (C=O) groups excluding carboxylic acids is 2. The van der Waals surface area contributed by atoms with Gasteiger partial charge in [0.1, 0.15) is 19.3 Å². The van der Waals surface area contributed by atoms with Gasteiger partial charge in [-0.15, -0.1) is 0 Å². The predicted molar refractivity (Wildman–Crippen MR) is 200 cm³/mol. The van der Waals surface area contributed by atoms with Crippen LogP contribution in [0.15, 0.2) is 36.5 Å². The van der Waals surface area contributed by atoms with E-state index >= 15 is 0 Å².